The monoisotopic (exact) mass is 509 g/mol. The number of ether oxygens (including phenoxy) is 1. The summed E-state index contributed by atoms with van der Waals surface area (Å²) in [6.45, 7) is 6.34. The van der Waals surface area contributed by atoms with E-state index in [0.29, 0.717) is 35.5 Å². The van der Waals surface area contributed by atoms with Crippen molar-refractivity contribution in [3.05, 3.63) is 59.2 Å². The highest BCUT2D eigenvalue weighted by Gasteiger charge is 2.16. The van der Waals surface area contributed by atoms with Gasteiger partial charge in [0.1, 0.15) is 10.8 Å². The highest BCUT2D eigenvalue weighted by molar-refractivity contribution is 6.32. The highest BCUT2D eigenvalue weighted by atomic mass is 35.5. The molecular weight excluding hydrogens is 478 g/mol. The molecule has 1 aliphatic heterocycles. The van der Waals surface area contributed by atoms with Crippen LogP contribution in [0.15, 0.2) is 48.7 Å². The number of methoxy groups -OCH3 is 1. The molecule has 1 saturated heterocycles. The number of amides is 1. The zero-order chi connectivity index (χ0) is 25.5. The summed E-state index contributed by atoms with van der Waals surface area (Å²) in [7, 11) is 3.80. The van der Waals surface area contributed by atoms with Crippen molar-refractivity contribution in [2.45, 2.75) is 19.9 Å². The van der Waals surface area contributed by atoms with Crippen molar-refractivity contribution in [3.63, 3.8) is 0 Å². The highest BCUT2D eigenvalue weighted by Crippen LogP contribution is 2.32. The van der Waals surface area contributed by atoms with E-state index in [0.717, 1.165) is 48.8 Å². The van der Waals surface area contributed by atoms with Crippen molar-refractivity contribution in [2.75, 3.05) is 61.2 Å². The SMILES string of the molecule is CCC(=O)Nc1cccc(CNc2nc(Nc3ccc(N4CCN(C)CC4)cc3OC)ncc2Cl)c1. The maximum atomic E-state index is 11.7. The van der Waals surface area contributed by atoms with E-state index >= 15 is 0 Å². The Morgan fingerprint density at radius 2 is 1.94 bits per heavy atom. The van der Waals surface area contributed by atoms with E-state index in [1.807, 2.05) is 43.3 Å². The van der Waals surface area contributed by atoms with Gasteiger partial charge in [0.25, 0.3) is 0 Å². The van der Waals surface area contributed by atoms with Crippen LogP contribution in [0.1, 0.15) is 18.9 Å². The van der Waals surface area contributed by atoms with Crippen LogP contribution in [0.2, 0.25) is 5.02 Å². The largest absolute Gasteiger partial charge is 0.494 e. The number of carbonyl (C=O) groups excluding carboxylic acids is 1. The Kier molecular flexibility index (Phi) is 8.45. The number of nitrogens with zero attached hydrogens (tertiary/aromatic N) is 4. The number of rotatable bonds is 9. The number of hydrogen-bond donors (Lipinski definition) is 3. The summed E-state index contributed by atoms with van der Waals surface area (Å²) < 4.78 is 5.65. The molecule has 3 N–H and O–H groups in total. The Balaban J connectivity index is 1.44. The van der Waals surface area contributed by atoms with Crippen LogP contribution < -0.4 is 25.6 Å². The number of hydrogen-bond acceptors (Lipinski definition) is 8. The number of anilines is 5. The summed E-state index contributed by atoms with van der Waals surface area (Å²) in [5.74, 6) is 1.59. The summed E-state index contributed by atoms with van der Waals surface area (Å²) >= 11 is 6.35. The van der Waals surface area contributed by atoms with E-state index in [-0.39, 0.29) is 5.91 Å². The van der Waals surface area contributed by atoms with Crippen LogP contribution in [-0.4, -0.2) is 61.1 Å². The van der Waals surface area contributed by atoms with Crippen molar-refractivity contribution in [2.24, 2.45) is 0 Å². The third-order valence-electron chi connectivity index (χ3n) is 6.04. The Morgan fingerprint density at radius 1 is 1.14 bits per heavy atom. The molecule has 10 heteroatoms. The number of nitrogens with one attached hydrogen (secondary N) is 3. The molecule has 1 aromatic heterocycles. The van der Waals surface area contributed by atoms with Gasteiger partial charge in [0, 0.05) is 56.6 Å². The second-order valence-corrected chi connectivity index (χ2v) is 9.05. The summed E-state index contributed by atoms with van der Waals surface area (Å²) in [5, 5.41) is 9.78. The van der Waals surface area contributed by atoms with E-state index in [1.54, 1.807) is 13.3 Å². The van der Waals surface area contributed by atoms with Crippen molar-refractivity contribution in [3.8, 4) is 5.75 Å². The summed E-state index contributed by atoms with van der Waals surface area (Å²) in [5.41, 5.74) is 3.63. The number of piperazine rings is 1. The van der Waals surface area contributed by atoms with Crippen LogP contribution in [0.4, 0.5) is 28.8 Å². The minimum Gasteiger partial charge on any atom is -0.494 e. The Labute approximate surface area is 216 Å². The van der Waals surface area contributed by atoms with Gasteiger partial charge in [-0.25, -0.2) is 4.98 Å². The van der Waals surface area contributed by atoms with Crippen LogP contribution in [0.25, 0.3) is 0 Å². The lowest BCUT2D eigenvalue weighted by atomic mass is 10.2. The molecule has 0 spiro atoms. The smallest absolute Gasteiger partial charge is 0.229 e. The minimum absolute atomic E-state index is 0.0262. The molecule has 0 unspecified atom stereocenters. The Bertz CT molecular complexity index is 1200. The molecule has 0 saturated carbocycles. The first kappa shape index (κ1) is 25.5. The van der Waals surface area contributed by atoms with Crippen LogP contribution in [0, 0.1) is 0 Å². The molecular formula is C26H32ClN7O2. The van der Waals surface area contributed by atoms with Gasteiger partial charge < -0.3 is 30.5 Å². The minimum atomic E-state index is -0.0262. The molecule has 0 aliphatic carbocycles. The van der Waals surface area contributed by atoms with Gasteiger partial charge >= 0.3 is 0 Å². The normalized spacial score (nSPS) is 13.8. The fraction of sp³-hybridized carbons (Fsp3) is 0.346. The summed E-state index contributed by atoms with van der Waals surface area (Å²) in [4.78, 5) is 25.2. The molecule has 0 bridgehead atoms. The number of likely N-dealkylation sites (N-methyl/N-ethyl adjacent to an activating group) is 1. The number of benzene rings is 2. The summed E-state index contributed by atoms with van der Waals surface area (Å²) in [6.07, 6.45) is 1.99. The number of aromatic nitrogens is 2. The first-order valence-electron chi connectivity index (χ1n) is 12.0. The molecule has 1 fully saturated rings. The second kappa shape index (κ2) is 11.9. The fourth-order valence-corrected chi connectivity index (χ4v) is 4.07. The van der Waals surface area contributed by atoms with E-state index < -0.39 is 0 Å². The molecule has 1 amide bonds. The van der Waals surface area contributed by atoms with Gasteiger partial charge in [-0.15, -0.1) is 0 Å². The van der Waals surface area contributed by atoms with Gasteiger partial charge in [-0.2, -0.15) is 4.98 Å². The lowest BCUT2D eigenvalue weighted by molar-refractivity contribution is -0.115. The van der Waals surface area contributed by atoms with E-state index in [9.17, 15) is 4.79 Å². The van der Waals surface area contributed by atoms with Crippen molar-refractivity contribution in [1.29, 1.82) is 0 Å². The van der Waals surface area contributed by atoms with Crippen molar-refractivity contribution >= 4 is 46.3 Å². The van der Waals surface area contributed by atoms with Crippen LogP contribution in [0.5, 0.6) is 5.75 Å². The third kappa shape index (κ3) is 6.56. The van der Waals surface area contributed by atoms with Gasteiger partial charge in [-0.3, -0.25) is 4.79 Å². The lowest BCUT2D eigenvalue weighted by Gasteiger charge is -2.34. The predicted octanol–water partition coefficient (Wildman–Crippen LogP) is 4.59. The molecule has 2 aromatic carbocycles. The molecule has 0 radical (unpaired) electrons. The third-order valence-corrected chi connectivity index (χ3v) is 6.31. The molecule has 36 heavy (non-hydrogen) atoms. The van der Waals surface area contributed by atoms with Crippen LogP contribution in [0.3, 0.4) is 0 Å². The van der Waals surface area contributed by atoms with Gasteiger partial charge in [0.05, 0.1) is 19.0 Å². The van der Waals surface area contributed by atoms with Crippen molar-refractivity contribution < 1.29 is 9.53 Å². The Morgan fingerprint density at radius 3 is 2.69 bits per heavy atom. The first-order valence-corrected chi connectivity index (χ1v) is 12.4. The average Bonchev–Trinajstić information content (AvgIpc) is 2.89. The number of halogens is 1. The molecule has 2 heterocycles. The molecule has 3 aromatic rings. The lowest BCUT2D eigenvalue weighted by Crippen LogP contribution is -2.44. The van der Waals surface area contributed by atoms with Gasteiger partial charge in [0.2, 0.25) is 11.9 Å². The summed E-state index contributed by atoms with van der Waals surface area (Å²) in [6, 6.07) is 13.7. The quantitative estimate of drug-likeness (QED) is 0.385. The second-order valence-electron chi connectivity index (χ2n) is 8.65. The average molecular weight is 510 g/mol. The van der Waals surface area contributed by atoms with E-state index in [2.05, 4.69) is 48.8 Å². The molecule has 1 aliphatic rings. The fourth-order valence-electron chi connectivity index (χ4n) is 3.91. The van der Waals surface area contributed by atoms with E-state index in [4.69, 9.17) is 16.3 Å². The van der Waals surface area contributed by atoms with Gasteiger partial charge in [-0.1, -0.05) is 30.7 Å². The Hall–Kier alpha value is -3.56. The number of carbonyl (C=O) groups is 1. The predicted molar refractivity (Wildman–Crippen MR) is 146 cm³/mol. The zero-order valence-electron chi connectivity index (χ0n) is 20.8. The standard InChI is InChI=1S/C26H32ClN7O2/c1-4-24(35)30-19-7-5-6-18(14-19)16-28-25-21(27)17-29-26(32-25)31-22-9-8-20(15-23(22)36-3)34-12-10-33(2)11-13-34/h5-9,14-15,17H,4,10-13,16H2,1-3H3,(H,30,35)(H2,28,29,31,32). The molecule has 0 atom stereocenters. The molecule has 9 nitrogen and oxygen atoms in total. The maximum absolute atomic E-state index is 11.7. The van der Waals surface area contributed by atoms with Gasteiger partial charge in [-0.05, 0) is 36.9 Å². The molecule has 4 rings (SSSR count). The topological polar surface area (TPSA) is 94.6 Å². The van der Waals surface area contributed by atoms with Crippen molar-refractivity contribution in [1.82, 2.24) is 14.9 Å². The first-order chi connectivity index (χ1) is 17.4. The maximum Gasteiger partial charge on any atom is 0.229 e. The van der Waals surface area contributed by atoms with Gasteiger partial charge in [0.15, 0.2) is 5.82 Å². The van der Waals surface area contributed by atoms with Crippen LogP contribution >= 0.6 is 11.6 Å². The van der Waals surface area contributed by atoms with E-state index in [1.165, 1.54) is 0 Å². The zero-order valence-corrected chi connectivity index (χ0v) is 21.6. The molecule has 190 valence electrons. The van der Waals surface area contributed by atoms with Crippen LogP contribution in [-0.2, 0) is 11.3 Å².